The SMILES string of the molecule is CCc1cc2c(cc1C(=O)C1CC(C)C(CC3C=CC(C)=CC3)C[C@H]1C)C(C(=O)C(=O)C1CCC(C)CC1)=CC2. The maximum absolute atomic E-state index is 14.2. The van der Waals surface area contributed by atoms with Gasteiger partial charge in [0.15, 0.2) is 5.78 Å². The summed E-state index contributed by atoms with van der Waals surface area (Å²) in [6, 6.07) is 4.12. The number of allylic oxidation sites excluding steroid dienone is 6. The lowest BCUT2D eigenvalue weighted by Crippen LogP contribution is -2.35. The molecular weight excluding hydrogens is 492 g/mol. The second-order valence-electron chi connectivity index (χ2n) is 13.7. The molecule has 0 heterocycles. The molecule has 1 aromatic carbocycles. The van der Waals surface area contributed by atoms with E-state index in [1.54, 1.807) is 0 Å². The van der Waals surface area contributed by atoms with Crippen LogP contribution in [0.2, 0.25) is 0 Å². The number of hydrogen-bond donors (Lipinski definition) is 0. The van der Waals surface area contributed by atoms with Crippen molar-refractivity contribution in [2.45, 2.75) is 98.8 Å². The molecule has 4 aliphatic carbocycles. The normalized spacial score (nSPS) is 31.8. The molecule has 4 aliphatic rings. The molecule has 0 N–H and O–H groups in total. The van der Waals surface area contributed by atoms with Crippen molar-refractivity contribution >= 4 is 22.9 Å². The van der Waals surface area contributed by atoms with Gasteiger partial charge < -0.3 is 0 Å². The second-order valence-corrected chi connectivity index (χ2v) is 13.7. The van der Waals surface area contributed by atoms with Crippen LogP contribution in [-0.2, 0) is 22.4 Å². The molecule has 0 amide bonds. The zero-order chi connectivity index (χ0) is 28.6. The van der Waals surface area contributed by atoms with Crippen molar-refractivity contribution in [3.63, 3.8) is 0 Å². The third-order valence-electron chi connectivity index (χ3n) is 10.8. The number of benzene rings is 1. The van der Waals surface area contributed by atoms with Crippen LogP contribution in [-0.4, -0.2) is 17.3 Å². The average molecular weight is 541 g/mol. The molecule has 0 aromatic heterocycles. The first kappa shape index (κ1) is 29.0. The fraction of sp³-hybridized carbons (Fsp3) is 0.595. The summed E-state index contributed by atoms with van der Waals surface area (Å²) in [7, 11) is 0. The molecule has 40 heavy (non-hydrogen) atoms. The molecule has 5 atom stereocenters. The van der Waals surface area contributed by atoms with E-state index in [0.29, 0.717) is 41.6 Å². The average Bonchev–Trinajstić information content (AvgIpc) is 3.37. The third kappa shape index (κ3) is 5.90. The van der Waals surface area contributed by atoms with Crippen LogP contribution in [0.4, 0.5) is 0 Å². The standard InChI is InChI=1S/C37H48O3/c1-6-27-20-29-15-16-31(37(40)35(38)28-13-9-23(3)10-14-28)33(29)21-34(27)36(39)32-18-24(4)30(17-25(32)5)19-26-11-7-22(2)8-12-26/h7-8,11,16,20-21,23-26,28,30,32H,6,9-10,12-15,17-19H2,1-5H3/t23?,24?,25-,26?,28?,30?,32?/m1/s1. The number of aryl methyl sites for hydroxylation is 1. The molecule has 3 nitrogen and oxygen atoms in total. The van der Waals surface area contributed by atoms with Gasteiger partial charge in [-0.2, -0.15) is 0 Å². The van der Waals surface area contributed by atoms with E-state index >= 15 is 0 Å². The van der Waals surface area contributed by atoms with Crippen molar-refractivity contribution in [1.82, 2.24) is 0 Å². The zero-order valence-electron chi connectivity index (χ0n) is 25.3. The van der Waals surface area contributed by atoms with Gasteiger partial charge in [-0.15, -0.1) is 0 Å². The minimum Gasteiger partial charge on any atom is -0.294 e. The largest absolute Gasteiger partial charge is 0.294 e. The molecule has 1 aromatic rings. The summed E-state index contributed by atoms with van der Waals surface area (Å²) in [5.74, 6) is 2.27. The molecule has 5 rings (SSSR count). The number of ketones is 3. The first-order valence-electron chi connectivity index (χ1n) is 16.0. The smallest absolute Gasteiger partial charge is 0.229 e. The molecule has 0 radical (unpaired) electrons. The molecule has 0 spiro atoms. The number of carbonyl (C=O) groups excluding carboxylic acids is 3. The van der Waals surface area contributed by atoms with Gasteiger partial charge in [-0.25, -0.2) is 0 Å². The van der Waals surface area contributed by atoms with Crippen molar-refractivity contribution in [1.29, 1.82) is 0 Å². The maximum atomic E-state index is 14.2. The fourth-order valence-electron chi connectivity index (χ4n) is 7.94. The first-order valence-corrected chi connectivity index (χ1v) is 16.0. The van der Waals surface area contributed by atoms with Crippen molar-refractivity contribution in [2.24, 2.45) is 41.4 Å². The Morgan fingerprint density at radius 3 is 2.35 bits per heavy atom. The lowest BCUT2D eigenvalue weighted by molar-refractivity contribution is -0.136. The Morgan fingerprint density at radius 1 is 0.925 bits per heavy atom. The Labute approximate surface area is 241 Å². The van der Waals surface area contributed by atoms with Gasteiger partial charge in [0.2, 0.25) is 11.6 Å². The summed E-state index contributed by atoms with van der Waals surface area (Å²) in [5, 5.41) is 0. The highest BCUT2D eigenvalue weighted by atomic mass is 16.2. The van der Waals surface area contributed by atoms with Gasteiger partial charge in [-0.05, 0) is 111 Å². The van der Waals surface area contributed by atoms with Gasteiger partial charge in [0.05, 0.1) is 0 Å². The van der Waals surface area contributed by atoms with Crippen molar-refractivity contribution in [2.75, 3.05) is 0 Å². The molecule has 2 fully saturated rings. The number of carbonyl (C=O) groups is 3. The monoisotopic (exact) mass is 540 g/mol. The first-order chi connectivity index (χ1) is 19.2. The van der Waals surface area contributed by atoms with Crippen LogP contribution in [0.1, 0.15) is 113 Å². The highest BCUT2D eigenvalue weighted by Gasteiger charge is 2.39. The Hall–Kier alpha value is -2.55. The van der Waals surface area contributed by atoms with E-state index in [4.69, 9.17) is 0 Å². The predicted octanol–water partition coefficient (Wildman–Crippen LogP) is 8.55. The molecule has 214 valence electrons. The van der Waals surface area contributed by atoms with Gasteiger partial charge in [0.25, 0.3) is 0 Å². The van der Waals surface area contributed by atoms with Gasteiger partial charge in [0, 0.05) is 23.0 Å². The minimum atomic E-state index is -0.342. The Bertz CT molecular complexity index is 1250. The van der Waals surface area contributed by atoms with Crippen LogP contribution in [0, 0.1) is 41.4 Å². The van der Waals surface area contributed by atoms with Crippen molar-refractivity contribution < 1.29 is 14.4 Å². The topological polar surface area (TPSA) is 51.2 Å². The molecular formula is C37H48O3. The number of rotatable bonds is 8. The molecule has 0 aliphatic heterocycles. The van der Waals surface area contributed by atoms with Crippen LogP contribution in [0.3, 0.4) is 0 Å². The van der Waals surface area contributed by atoms with Gasteiger partial charge >= 0.3 is 0 Å². The Balaban J connectivity index is 1.32. The number of fused-ring (bicyclic) bond motifs is 1. The quantitative estimate of drug-likeness (QED) is 0.245. The predicted molar refractivity (Wildman–Crippen MR) is 163 cm³/mol. The van der Waals surface area contributed by atoms with Crippen molar-refractivity contribution in [3.8, 4) is 0 Å². The van der Waals surface area contributed by atoms with Crippen LogP contribution >= 0.6 is 0 Å². The van der Waals surface area contributed by atoms with Crippen LogP contribution < -0.4 is 0 Å². The summed E-state index contributed by atoms with van der Waals surface area (Å²) in [6.07, 6.45) is 18.4. The minimum absolute atomic E-state index is 0.00836. The number of Topliss-reactive ketones (excluding diaryl/α,β-unsaturated/α-hetero) is 3. The fourth-order valence-corrected chi connectivity index (χ4v) is 7.94. The molecule has 2 saturated carbocycles. The maximum Gasteiger partial charge on any atom is 0.229 e. The van der Waals surface area contributed by atoms with E-state index in [1.807, 2.05) is 12.1 Å². The van der Waals surface area contributed by atoms with E-state index in [0.717, 1.165) is 73.6 Å². The molecule has 0 bridgehead atoms. The Kier molecular flexibility index (Phi) is 8.78. The third-order valence-corrected chi connectivity index (χ3v) is 10.8. The Morgan fingerprint density at radius 2 is 1.68 bits per heavy atom. The zero-order valence-corrected chi connectivity index (χ0v) is 25.3. The molecule has 4 unspecified atom stereocenters. The molecule has 3 heteroatoms. The highest BCUT2D eigenvalue weighted by molar-refractivity contribution is 6.54. The van der Waals surface area contributed by atoms with E-state index in [1.165, 1.54) is 12.0 Å². The van der Waals surface area contributed by atoms with Gasteiger partial charge in [0.1, 0.15) is 0 Å². The summed E-state index contributed by atoms with van der Waals surface area (Å²) in [4.78, 5) is 40.8. The van der Waals surface area contributed by atoms with Crippen molar-refractivity contribution in [3.05, 3.63) is 64.3 Å². The van der Waals surface area contributed by atoms with E-state index < -0.39 is 0 Å². The van der Waals surface area contributed by atoms with Gasteiger partial charge in [-0.3, -0.25) is 14.4 Å². The van der Waals surface area contributed by atoms with Gasteiger partial charge in [-0.1, -0.05) is 76.5 Å². The lowest BCUT2D eigenvalue weighted by atomic mass is 9.64. The van der Waals surface area contributed by atoms with Crippen LogP contribution in [0.5, 0.6) is 0 Å². The second kappa shape index (κ2) is 12.1. The van der Waals surface area contributed by atoms with Crippen LogP contribution in [0.25, 0.3) is 5.57 Å². The summed E-state index contributed by atoms with van der Waals surface area (Å²) >= 11 is 0. The van der Waals surface area contributed by atoms with E-state index in [-0.39, 0.29) is 29.2 Å². The highest BCUT2D eigenvalue weighted by Crippen LogP contribution is 2.44. The lowest BCUT2D eigenvalue weighted by Gasteiger charge is -2.39. The molecule has 0 saturated heterocycles. The summed E-state index contributed by atoms with van der Waals surface area (Å²) in [5.41, 5.74) is 5.65. The van der Waals surface area contributed by atoms with E-state index in [2.05, 4.69) is 58.9 Å². The summed E-state index contributed by atoms with van der Waals surface area (Å²) < 4.78 is 0. The summed E-state index contributed by atoms with van der Waals surface area (Å²) in [6.45, 7) is 11.1. The number of hydrogen-bond acceptors (Lipinski definition) is 3. The van der Waals surface area contributed by atoms with Crippen LogP contribution in [0.15, 0.2) is 42.0 Å². The van der Waals surface area contributed by atoms with E-state index in [9.17, 15) is 14.4 Å².